The highest BCUT2D eigenvalue weighted by Crippen LogP contribution is 2.22. The van der Waals surface area contributed by atoms with Crippen LogP contribution in [-0.4, -0.2) is 11.8 Å². The second kappa shape index (κ2) is 6.70. The van der Waals surface area contributed by atoms with Gasteiger partial charge in [-0.1, -0.05) is 22.0 Å². The zero-order valence-electron chi connectivity index (χ0n) is 12.0. The Balaban J connectivity index is 2.25. The van der Waals surface area contributed by atoms with Crippen molar-refractivity contribution in [1.82, 2.24) is 0 Å². The van der Waals surface area contributed by atoms with Crippen molar-refractivity contribution in [3.05, 3.63) is 57.8 Å². The molecule has 0 saturated carbocycles. The molecule has 2 amide bonds. The van der Waals surface area contributed by atoms with Crippen LogP contribution in [0.4, 0.5) is 15.8 Å². The molecule has 0 heterocycles. The van der Waals surface area contributed by atoms with Crippen LogP contribution in [-0.2, 0) is 4.79 Å². The molecule has 0 aliphatic heterocycles. The Morgan fingerprint density at radius 3 is 2.45 bits per heavy atom. The molecule has 0 aliphatic carbocycles. The number of hydrogen-bond donors (Lipinski definition) is 2. The molecule has 0 saturated heterocycles. The summed E-state index contributed by atoms with van der Waals surface area (Å²) in [6, 6.07) is 9.15. The SMILES string of the molecule is CC(=O)Nc1ccc(C)c(NC(=O)c2cc(F)cc(Br)c2)c1. The van der Waals surface area contributed by atoms with Crippen molar-refractivity contribution in [1.29, 1.82) is 0 Å². The second-order valence-corrected chi connectivity index (χ2v) is 5.74. The molecule has 0 atom stereocenters. The zero-order chi connectivity index (χ0) is 16.3. The van der Waals surface area contributed by atoms with E-state index in [9.17, 15) is 14.0 Å². The highest BCUT2D eigenvalue weighted by Gasteiger charge is 2.11. The molecular formula is C16H14BrFN2O2. The minimum atomic E-state index is -0.497. The van der Waals surface area contributed by atoms with Gasteiger partial charge in [-0.25, -0.2) is 4.39 Å². The first-order valence-corrected chi connectivity index (χ1v) is 7.30. The average molecular weight is 365 g/mol. The molecule has 114 valence electrons. The average Bonchev–Trinajstić information content (AvgIpc) is 2.40. The summed E-state index contributed by atoms with van der Waals surface area (Å²) < 4.78 is 13.8. The van der Waals surface area contributed by atoms with Gasteiger partial charge in [-0.3, -0.25) is 9.59 Å². The van der Waals surface area contributed by atoms with Gasteiger partial charge in [-0.05, 0) is 42.8 Å². The number of benzene rings is 2. The number of amides is 2. The summed E-state index contributed by atoms with van der Waals surface area (Å²) in [5.41, 5.74) is 2.17. The van der Waals surface area contributed by atoms with Crippen molar-refractivity contribution >= 4 is 39.1 Å². The molecule has 2 N–H and O–H groups in total. The van der Waals surface area contributed by atoms with E-state index in [0.29, 0.717) is 15.8 Å². The van der Waals surface area contributed by atoms with Crippen LogP contribution < -0.4 is 10.6 Å². The van der Waals surface area contributed by atoms with E-state index in [-0.39, 0.29) is 11.5 Å². The van der Waals surface area contributed by atoms with E-state index in [2.05, 4.69) is 26.6 Å². The quantitative estimate of drug-likeness (QED) is 0.860. The summed E-state index contributed by atoms with van der Waals surface area (Å²) in [5.74, 6) is -1.12. The normalized spacial score (nSPS) is 10.2. The molecule has 0 fully saturated rings. The van der Waals surface area contributed by atoms with Gasteiger partial charge in [0.1, 0.15) is 5.82 Å². The summed E-state index contributed by atoms with van der Waals surface area (Å²) in [5, 5.41) is 5.36. The molecular weight excluding hydrogens is 351 g/mol. The van der Waals surface area contributed by atoms with Gasteiger partial charge in [0.05, 0.1) is 0 Å². The number of hydrogen-bond acceptors (Lipinski definition) is 2. The smallest absolute Gasteiger partial charge is 0.255 e. The van der Waals surface area contributed by atoms with Crippen LogP contribution in [0, 0.1) is 12.7 Å². The van der Waals surface area contributed by atoms with Crippen molar-refractivity contribution in [2.75, 3.05) is 10.6 Å². The van der Waals surface area contributed by atoms with Crippen LogP contribution in [0.3, 0.4) is 0 Å². The number of aryl methyl sites for hydroxylation is 1. The van der Waals surface area contributed by atoms with Crippen LogP contribution in [0.5, 0.6) is 0 Å². The third-order valence-electron chi connectivity index (χ3n) is 2.93. The standard InChI is InChI=1S/C16H14BrFN2O2/c1-9-3-4-14(19-10(2)21)8-15(9)20-16(22)11-5-12(17)7-13(18)6-11/h3-8H,1-2H3,(H,19,21)(H,20,22). The molecule has 0 spiro atoms. The zero-order valence-corrected chi connectivity index (χ0v) is 13.6. The maximum absolute atomic E-state index is 13.4. The third-order valence-corrected chi connectivity index (χ3v) is 3.39. The van der Waals surface area contributed by atoms with Crippen LogP contribution in [0.2, 0.25) is 0 Å². The maximum Gasteiger partial charge on any atom is 0.255 e. The first-order valence-electron chi connectivity index (χ1n) is 6.51. The second-order valence-electron chi connectivity index (χ2n) is 4.82. The van der Waals surface area contributed by atoms with E-state index in [1.807, 2.05) is 6.92 Å². The lowest BCUT2D eigenvalue weighted by Crippen LogP contribution is -2.14. The lowest BCUT2D eigenvalue weighted by molar-refractivity contribution is -0.114. The highest BCUT2D eigenvalue weighted by molar-refractivity contribution is 9.10. The fraction of sp³-hybridized carbons (Fsp3) is 0.125. The maximum atomic E-state index is 13.4. The van der Waals surface area contributed by atoms with E-state index >= 15 is 0 Å². The topological polar surface area (TPSA) is 58.2 Å². The number of rotatable bonds is 3. The molecule has 0 aliphatic rings. The van der Waals surface area contributed by atoms with Crippen molar-refractivity contribution in [2.45, 2.75) is 13.8 Å². The predicted octanol–water partition coefficient (Wildman–Crippen LogP) is 4.11. The summed E-state index contributed by atoms with van der Waals surface area (Å²) in [7, 11) is 0. The predicted molar refractivity (Wildman–Crippen MR) is 87.5 cm³/mol. The lowest BCUT2D eigenvalue weighted by atomic mass is 10.1. The van der Waals surface area contributed by atoms with Crippen molar-refractivity contribution in [3.63, 3.8) is 0 Å². The molecule has 0 aromatic heterocycles. The van der Waals surface area contributed by atoms with Crippen LogP contribution in [0.15, 0.2) is 40.9 Å². The summed E-state index contributed by atoms with van der Waals surface area (Å²) in [4.78, 5) is 23.3. The largest absolute Gasteiger partial charge is 0.326 e. The fourth-order valence-electron chi connectivity index (χ4n) is 1.92. The number of halogens is 2. The Morgan fingerprint density at radius 2 is 1.82 bits per heavy atom. The van der Waals surface area contributed by atoms with E-state index in [1.165, 1.54) is 19.1 Å². The summed E-state index contributed by atoms with van der Waals surface area (Å²) in [6.45, 7) is 3.23. The number of anilines is 2. The lowest BCUT2D eigenvalue weighted by Gasteiger charge is -2.11. The summed E-state index contributed by atoms with van der Waals surface area (Å²) in [6.07, 6.45) is 0. The van der Waals surface area contributed by atoms with Crippen LogP contribution in [0.1, 0.15) is 22.8 Å². The molecule has 4 nitrogen and oxygen atoms in total. The Hall–Kier alpha value is -2.21. The molecule has 0 bridgehead atoms. The molecule has 2 aromatic rings. The Morgan fingerprint density at radius 1 is 1.09 bits per heavy atom. The van der Waals surface area contributed by atoms with Gasteiger partial charge in [-0.2, -0.15) is 0 Å². The molecule has 2 rings (SSSR count). The molecule has 22 heavy (non-hydrogen) atoms. The molecule has 0 unspecified atom stereocenters. The first-order chi connectivity index (χ1) is 10.3. The minimum Gasteiger partial charge on any atom is -0.326 e. The number of nitrogens with one attached hydrogen (secondary N) is 2. The third kappa shape index (κ3) is 4.14. The first kappa shape index (κ1) is 16.2. The monoisotopic (exact) mass is 364 g/mol. The van der Waals surface area contributed by atoms with Crippen molar-refractivity contribution < 1.29 is 14.0 Å². The number of carbonyl (C=O) groups is 2. The Kier molecular flexibility index (Phi) is 4.92. The molecule has 0 radical (unpaired) electrons. The summed E-state index contributed by atoms with van der Waals surface area (Å²) >= 11 is 3.15. The number of carbonyl (C=O) groups excluding carboxylic acids is 2. The molecule has 6 heteroatoms. The van der Waals surface area contributed by atoms with E-state index < -0.39 is 11.7 Å². The Bertz CT molecular complexity index is 727. The fourth-order valence-corrected chi connectivity index (χ4v) is 2.38. The van der Waals surface area contributed by atoms with Gasteiger partial charge in [0.15, 0.2) is 0 Å². The van der Waals surface area contributed by atoms with Crippen LogP contribution >= 0.6 is 15.9 Å². The highest BCUT2D eigenvalue weighted by atomic mass is 79.9. The molecule has 2 aromatic carbocycles. The van der Waals surface area contributed by atoms with Gasteiger partial charge >= 0.3 is 0 Å². The van der Waals surface area contributed by atoms with E-state index in [1.54, 1.807) is 18.2 Å². The van der Waals surface area contributed by atoms with Gasteiger partial charge in [-0.15, -0.1) is 0 Å². The minimum absolute atomic E-state index is 0.199. The van der Waals surface area contributed by atoms with Gasteiger partial charge in [0.25, 0.3) is 5.91 Å². The van der Waals surface area contributed by atoms with E-state index in [4.69, 9.17) is 0 Å². The van der Waals surface area contributed by atoms with Crippen molar-refractivity contribution in [3.8, 4) is 0 Å². The Labute approximate surface area is 135 Å². The van der Waals surface area contributed by atoms with Crippen LogP contribution in [0.25, 0.3) is 0 Å². The van der Waals surface area contributed by atoms with Gasteiger partial charge < -0.3 is 10.6 Å². The van der Waals surface area contributed by atoms with E-state index in [0.717, 1.165) is 11.6 Å². The van der Waals surface area contributed by atoms with Gasteiger partial charge in [0, 0.05) is 28.3 Å². The van der Waals surface area contributed by atoms with Gasteiger partial charge in [0.2, 0.25) is 5.91 Å². The van der Waals surface area contributed by atoms with Crippen molar-refractivity contribution in [2.24, 2.45) is 0 Å².